The predicted molar refractivity (Wildman–Crippen MR) is 81.0 cm³/mol. The maximum Gasteiger partial charge on any atom is 0.136 e. The predicted octanol–water partition coefficient (Wildman–Crippen LogP) is 5.52. The van der Waals surface area contributed by atoms with E-state index in [0.717, 1.165) is 17.1 Å². The van der Waals surface area contributed by atoms with Gasteiger partial charge in [-0.25, -0.2) is 0 Å². The highest BCUT2D eigenvalue weighted by Crippen LogP contribution is 2.36. The minimum Gasteiger partial charge on any atom is -0.457 e. The van der Waals surface area contributed by atoms with Gasteiger partial charge in [0, 0.05) is 15.3 Å². The van der Waals surface area contributed by atoms with Crippen LogP contribution in [0.5, 0.6) is 11.5 Å². The van der Waals surface area contributed by atoms with Crippen molar-refractivity contribution < 1.29 is 4.74 Å². The quantitative estimate of drug-likeness (QED) is 0.607. The lowest BCUT2D eigenvalue weighted by molar-refractivity contribution is 0.484. The number of para-hydroxylation sites is 2. The van der Waals surface area contributed by atoms with Crippen molar-refractivity contribution in [2.75, 3.05) is 0 Å². The molecule has 0 bridgehead atoms. The van der Waals surface area contributed by atoms with Crippen LogP contribution in [-0.2, 0) is 0 Å². The molecule has 0 amide bonds. The summed E-state index contributed by atoms with van der Waals surface area (Å²) < 4.78 is 5.98. The molecule has 0 aliphatic rings. The van der Waals surface area contributed by atoms with Crippen LogP contribution in [0.1, 0.15) is 4.88 Å². The van der Waals surface area contributed by atoms with Crippen molar-refractivity contribution in [3.8, 4) is 21.9 Å². The lowest BCUT2D eigenvalue weighted by Crippen LogP contribution is -1.86. The molecule has 2 aromatic carbocycles. The van der Waals surface area contributed by atoms with Gasteiger partial charge in [-0.15, -0.1) is 11.3 Å². The van der Waals surface area contributed by atoms with Crippen LogP contribution >= 0.6 is 11.3 Å². The van der Waals surface area contributed by atoms with Crippen LogP contribution in [0.25, 0.3) is 10.4 Å². The van der Waals surface area contributed by atoms with Gasteiger partial charge >= 0.3 is 0 Å². The summed E-state index contributed by atoms with van der Waals surface area (Å²) in [7, 11) is 0. The fourth-order valence-electron chi connectivity index (χ4n) is 1.95. The Labute approximate surface area is 117 Å². The van der Waals surface area contributed by atoms with Gasteiger partial charge in [0.2, 0.25) is 0 Å². The van der Waals surface area contributed by atoms with Crippen molar-refractivity contribution in [3.05, 3.63) is 71.6 Å². The van der Waals surface area contributed by atoms with Gasteiger partial charge in [0.25, 0.3) is 0 Å². The SMILES string of the molecule is Cc1ccc(-c2ccccc2Oc2ccccc2)s1. The maximum absolute atomic E-state index is 5.98. The summed E-state index contributed by atoms with van der Waals surface area (Å²) in [6.45, 7) is 2.12. The number of hydrogen-bond acceptors (Lipinski definition) is 2. The van der Waals surface area contributed by atoms with Crippen LogP contribution in [-0.4, -0.2) is 0 Å². The summed E-state index contributed by atoms with van der Waals surface area (Å²) in [6.07, 6.45) is 0. The number of ether oxygens (including phenoxy) is 1. The van der Waals surface area contributed by atoms with E-state index in [1.165, 1.54) is 9.75 Å². The van der Waals surface area contributed by atoms with Gasteiger partial charge in [-0.2, -0.15) is 0 Å². The Balaban J connectivity index is 1.98. The second kappa shape index (κ2) is 5.29. The number of aryl methyl sites for hydroxylation is 1. The summed E-state index contributed by atoms with van der Waals surface area (Å²) in [4.78, 5) is 2.55. The zero-order chi connectivity index (χ0) is 13.1. The van der Waals surface area contributed by atoms with Crippen LogP contribution in [0.15, 0.2) is 66.7 Å². The Morgan fingerprint density at radius 3 is 2.26 bits per heavy atom. The minimum absolute atomic E-state index is 0.864. The van der Waals surface area contributed by atoms with Crippen LogP contribution in [0, 0.1) is 6.92 Å². The van der Waals surface area contributed by atoms with Crippen LogP contribution in [0.3, 0.4) is 0 Å². The molecular weight excluding hydrogens is 252 g/mol. The minimum atomic E-state index is 0.864. The van der Waals surface area contributed by atoms with E-state index in [0.29, 0.717) is 0 Å². The zero-order valence-electron chi connectivity index (χ0n) is 10.7. The Hall–Kier alpha value is -2.06. The highest BCUT2D eigenvalue weighted by molar-refractivity contribution is 7.15. The topological polar surface area (TPSA) is 9.23 Å². The first-order valence-electron chi connectivity index (χ1n) is 6.22. The van der Waals surface area contributed by atoms with Gasteiger partial charge < -0.3 is 4.74 Å². The monoisotopic (exact) mass is 266 g/mol. The zero-order valence-corrected chi connectivity index (χ0v) is 11.5. The van der Waals surface area contributed by atoms with E-state index in [9.17, 15) is 0 Å². The summed E-state index contributed by atoms with van der Waals surface area (Å²) in [5, 5.41) is 0. The molecule has 0 spiro atoms. The second-order valence-corrected chi connectivity index (χ2v) is 5.61. The molecule has 0 radical (unpaired) electrons. The standard InChI is InChI=1S/C17H14OS/c1-13-11-12-17(19-13)15-9-5-6-10-16(15)18-14-7-3-2-4-8-14/h2-12H,1H3. The Morgan fingerprint density at radius 2 is 1.53 bits per heavy atom. The number of rotatable bonds is 3. The molecule has 1 aromatic heterocycles. The largest absolute Gasteiger partial charge is 0.457 e. The van der Waals surface area contributed by atoms with E-state index in [1.54, 1.807) is 11.3 Å². The maximum atomic E-state index is 5.98. The van der Waals surface area contributed by atoms with Crippen LogP contribution in [0.2, 0.25) is 0 Å². The van der Waals surface area contributed by atoms with Gasteiger partial charge in [-0.3, -0.25) is 0 Å². The molecule has 0 fully saturated rings. The third kappa shape index (κ3) is 2.69. The molecule has 0 atom stereocenters. The first kappa shape index (κ1) is 12.0. The van der Waals surface area contributed by atoms with Gasteiger partial charge in [-0.1, -0.05) is 30.3 Å². The van der Waals surface area contributed by atoms with Gasteiger partial charge in [-0.05, 0) is 43.3 Å². The number of thiophene rings is 1. The van der Waals surface area contributed by atoms with Gasteiger partial charge in [0.1, 0.15) is 11.5 Å². The molecule has 0 saturated carbocycles. The lowest BCUT2D eigenvalue weighted by Gasteiger charge is -2.09. The van der Waals surface area contributed by atoms with E-state index in [2.05, 4.69) is 25.1 Å². The molecule has 19 heavy (non-hydrogen) atoms. The van der Waals surface area contributed by atoms with E-state index < -0.39 is 0 Å². The fraction of sp³-hybridized carbons (Fsp3) is 0.0588. The summed E-state index contributed by atoms with van der Waals surface area (Å²) in [6, 6.07) is 22.3. The molecule has 0 saturated heterocycles. The summed E-state index contributed by atoms with van der Waals surface area (Å²) in [5.41, 5.74) is 1.14. The Morgan fingerprint density at radius 1 is 0.789 bits per heavy atom. The first-order chi connectivity index (χ1) is 9.33. The summed E-state index contributed by atoms with van der Waals surface area (Å²) in [5.74, 6) is 1.76. The van der Waals surface area contributed by atoms with E-state index >= 15 is 0 Å². The van der Waals surface area contributed by atoms with Gasteiger partial charge in [0.15, 0.2) is 0 Å². The van der Waals surface area contributed by atoms with E-state index in [4.69, 9.17) is 4.74 Å². The molecule has 1 nitrogen and oxygen atoms in total. The van der Waals surface area contributed by atoms with Crippen LogP contribution < -0.4 is 4.74 Å². The molecule has 0 aliphatic carbocycles. The number of hydrogen-bond donors (Lipinski definition) is 0. The third-order valence-electron chi connectivity index (χ3n) is 2.86. The van der Waals surface area contributed by atoms with Crippen LogP contribution in [0.4, 0.5) is 0 Å². The number of benzene rings is 2. The third-order valence-corrected chi connectivity index (χ3v) is 3.90. The molecule has 0 N–H and O–H groups in total. The first-order valence-corrected chi connectivity index (χ1v) is 7.03. The molecule has 0 aliphatic heterocycles. The van der Waals surface area contributed by atoms with Crippen molar-refractivity contribution in [3.63, 3.8) is 0 Å². The molecule has 0 unspecified atom stereocenters. The Kier molecular flexibility index (Phi) is 3.34. The molecule has 94 valence electrons. The highest BCUT2D eigenvalue weighted by atomic mass is 32.1. The smallest absolute Gasteiger partial charge is 0.136 e. The molecular formula is C17H14OS. The van der Waals surface area contributed by atoms with Crippen molar-refractivity contribution in [2.45, 2.75) is 6.92 Å². The van der Waals surface area contributed by atoms with E-state index in [-0.39, 0.29) is 0 Å². The molecule has 2 heteroatoms. The van der Waals surface area contributed by atoms with Crippen molar-refractivity contribution >= 4 is 11.3 Å². The summed E-state index contributed by atoms with van der Waals surface area (Å²) >= 11 is 1.79. The molecule has 3 aromatic rings. The average Bonchev–Trinajstić information content (AvgIpc) is 2.87. The second-order valence-electron chi connectivity index (χ2n) is 4.32. The highest BCUT2D eigenvalue weighted by Gasteiger charge is 2.08. The molecule has 1 heterocycles. The van der Waals surface area contributed by atoms with Crippen molar-refractivity contribution in [1.82, 2.24) is 0 Å². The average molecular weight is 266 g/mol. The normalized spacial score (nSPS) is 10.4. The van der Waals surface area contributed by atoms with E-state index in [1.807, 2.05) is 48.5 Å². The molecule has 3 rings (SSSR count). The van der Waals surface area contributed by atoms with Crippen molar-refractivity contribution in [2.24, 2.45) is 0 Å². The lowest BCUT2D eigenvalue weighted by atomic mass is 10.1. The fourth-order valence-corrected chi connectivity index (χ4v) is 2.85. The Bertz CT molecular complexity index is 670. The van der Waals surface area contributed by atoms with Crippen molar-refractivity contribution in [1.29, 1.82) is 0 Å². The van der Waals surface area contributed by atoms with Gasteiger partial charge in [0.05, 0.1) is 0 Å².